The molecule has 3 rings (SSSR count). The molecule has 1 aromatic carbocycles. The van der Waals surface area contributed by atoms with Crippen LogP contribution >= 0.6 is 0 Å². The monoisotopic (exact) mass is 363 g/mol. The number of alkyl halides is 3. The van der Waals surface area contributed by atoms with E-state index >= 15 is 0 Å². The van der Waals surface area contributed by atoms with E-state index in [9.17, 15) is 18.0 Å². The van der Waals surface area contributed by atoms with Gasteiger partial charge in [0.1, 0.15) is 5.82 Å². The molecule has 0 saturated heterocycles. The van der Waals surface area contributed by atoms with E-state index in [0.717, 1.165) is 31.7 Å². The van der Waals surface area contributed by atoms with Crippen molar-refractivity contribution in [3.63, 3.8) is 0 Å². The molecule has 138 valence electrons. The van der Waals surface area contributed by atoms with E-state index in [2.05, 4.69) is 15.6 Å². The molecule has 0 unspecified atom stereocenters. The Hall–Kier alpha value is -2.57. The number of benzene rings is 1. The molecule has 1 saturated carbocycles. The quantitative estimate of drug-likeness (QED) is 0.769. The number of aromatic nitrogens is 1. The smallest absolute Gasteiger partial charge is 0.354 e. The summed E-state index contributed by atoms with van der Waals surface area (Å²) in [4.78, 5) is 16.3. The first kappa shape index (κ1) is 18.2. The van der Waals surface area contributed by atoms with Crippen molar-refractivity contribution in [2.24, 2.45) is 5.92 Å². The number of hydrogen-bond donors (Lipinski definition) is 2. The third-order valence-corrected chi connectivity index (χ3v) is 4.50. The topological polar surface area (TPSA) is 54.0 Å². The maximum Gasteiger partial charge on any atom is 0.418 e. The Bertz CT molecular complexity index is 753. The summed E-state index contributed by atoms with van der Waals surface area (Å²) in [5.74, 6) is 0.373. The van der Waals surface area contributed by atoms with Crippen LogP contribution < -0.4 is 10.6 Å². The first-order chi connectivity index (χ1) is 12.4. The van der Waals surface area contributed by atoms with Gasteiger partial charge in [-0.05, 0) is 37.1 Å². The second-order valence-electron chi connectivity index (χ2n) is 6.42. The van der Waals surface area contributed by atoms with E-state index in [0.29, 0.717) is 11.5 Å². The summed E-state index contributed by atoms with van der Waals surface area (Å²) < 4.78 is 39.1. The molecular formula is C19H20F3N3O. The minimum Gasteiger partial charge on any atom is -0.354 e. The van der Waals surface area contributed by atoms with Gasteiger partial charge in [0.2, 0.25) is 5.91 Å². The molecule has 26 heavy (non-hydrogen) atoms. The number of nitrogens with one attached hydrogen (secondary N) is 2. The molecule has 1 aliphatic carbocycles. The van der Waals surface area contributed by atoms with Gasteiger partial charge in [-0.1, -0.05) is 31.4 Å². The Labute approximate surface area is 149 Å². The highest BCUT2D eigenvalue weighted by atomic mass is 19.4. The van der Waals surface area contributed by atoms with Crippen molar-refractivity contribution in [1.29, 1.82) is 0 Å². The van der Waals surface area contributed by atoms with Crippen LogP contribution in [0.4, 0.5) is 30.4 Å². The molecule has 0 radical (unpaired) electrons. The average Bonchev–Trinajstić information content (AvgIpc) is 2.63. The summed E-state index contributed by atoms with van der Waals surface area (Å²) >= 11 is 0. The van der Waals surface area contributed by atoms with Gasteiger partial charge in [0.15, 0.2) is 0 Å². The molecule has 1 fully saturated rings. The molecule has 7 heteroatoms. The summed E-state index contributed by atoms with van der Waals surface area (Å²) in [6.45, 7) is 0. The number of halogens is 3. The van der Waals surface area contributed by atoms with E-state index in [-0.39, 0.29) is 17.5 Å². The summed E-state index contributed by atoms with van der Waals surface area (Å²) in [5.41, 5.74) is -0.368. The van der Waals surface area contributed by atoms with Crippen LogP contribution in [-0.2, 0) is 11.0 Å². The molecule has 1 aliphatic rings. The molecule has 1 amide bonds. The van der Waals surface area contributed by atoms with E-state index in [1.165, 1.54) is 30.8 Å². The van der Waals surface area contributed by atoms with Crippen molar-refractivity contribution in [3.05, 3.63) is 48.2 Å². The van der Waals surface area contributed by atoms with Crippen LogP contribution in [0.15, 0.2) is 42.6 Å². The molecular weight excluding hydrogens is 343 g/mol. The lowest BCUT2D eigenvalue weighted by atomic mass is 9.89. The van der Waals surface area contributed by atoms with Crippen LogP contribution in [0.3, 0.4) is 0 Å². The van der Waals surface area contributed by atoms with Crippen LogP contribution in [0.5, 0.6) is 0 Å². The van der Waals surface area contributed by atoms with Crippen LogP contribution in [0.25, 0.3) is 0 Å². The SMILES string of the molecule is O=C(Nc1ccc(Nc2ccccc2C(F)(F)F)cn1)C1CCCCC1. The molecule has 0 atom stereocenters. The van der Waals surface area contributed by atoms with Crippen molar-refractivity contribution in [2.45, 2.75) is 38.3 Å². The van der Waals surface area contributed by atoms with Crippen molar-refractivity contribution < 1.29 is 18.0 Å². The van der Waals surface area contributed by atoms with Gasteiger partial charge < -0.3 is 10.6 Å². The second-order valence-corrected chi connectivity index (χ2v) is 6.42. The molecule has 1 heterocycles. The number of hydrogen-bond acceptors (Lipinski definition) is 3. The van der Waals surface area contributed by atoms with Gasteiger partial charge in [-0.2, -0.15) is 13.2 Å². The van der Waals surface area contributed by atoms with Crippen LogP contribution in [0, 0.1) is 5.92 Å². The largest absolute Gasteiger partial charge is 0.418 e. The van der Waals surface area contributed by atoms with Crippen LogP contribution in [-0.4, -0.2) is 10.9 Å². The normalized spacial score (nSPS) is 15.5. The Morgan fingerprint density at radius 1 is 1.04 bits per heavy atom. The molecule has 0 spiro atoms. The van der Waals surface area contributed by atoms with Gasteiger partial charge in [-0.3, -0.25) is 4.79 Å². The number of pyridine rings is 1. The highest BCUT2D eigenvalue weighted by molar-refractivity contribution is 5.91. The van der Waals surface area contributed by atoms with Crippen molar-refractivity contribution in [1.82, 2.24) is 4.98 Å². The van der Waals surface area contributed by atoms with Crippen LogP contribution in [0.2, 0.25) is 0 Å². The first-order valence-electron chi connectivity index (χ1n) is 8.63. The third kappa shape index (κ3) is 4.53. The Morgan fingerprint density at radius 2 is 1.77 bits per heavy atom. The number of para-hydroxylation sites is 1. The molecule has 0 bridgehead atoms. The maximum absolute atomic E-state index is 13.0. The molecule has 2 aromatic rings. The Kier molecular flexibility index (Phi) is 5.44. The minimum atomic E-state index is -4.44. The zero-order valence-electron chi connectivity index (χ0n) is 14.1. The van der Waals surface area contributed by atoms with E-state index in [1.54, 1.807) is 12.1 Å². The number of rotatable bonds is 4. The predicted octanol–water partition coefficient (Wildman–Crippen LogP) is 5.36. The number of carbonyl (C=O) groups is 1. The summed E-state index contributed by atoms with van der Waals surface area (Å²) in [6, 6.07) is 8.44. The minimum absolute atomic E-state index is 0.0158. The van der Waals surface area contributed by atoms with Gasteiger partial charge in [-0.15, -0.1) is 0 Å². The van der Waals surface area contributed by atoms with Gasteiger partial charge >= 0.3 is 6.18 Å². The number of anilines is 3. The lowest BCUT2D eigenvalue weighted by molar-refractivity contribution is -0.137. The standard InChI is InChI=1S/C19H20F3N3O/c20-19(21,22)15-8-4-5-9-16(15)24-14-10-11-17(23-12-14)25-18(26)13-6-2-1-3-7-13/h4-5,8-13,24H,1-3,6-7H2,(H,23,25,26). The zero-order chi connectivity index (χ0) is 18.6. The third-order valence-electron chi connectivity index (χ3n) is 4.50. The summed E-state index contributed by atoms with van der Waals surface area (Å²) in [5, 5.41) is 5.51. The highest BCUT2D eigenvalue weighted by Gasteiger charge is 2.33. The van der Waals surface area contributed by atoms with Gasteiger partial charge in [-0.25, -0.2) is 4.98 Å². The van der Waals surface area contributed by atoms with E-state index in [4.69, 9.17) is 0 Å². The summed E-state index contributed by atoms with van der Waals surface area (Å²) in [7, 11) is 0. The van der Waals surface area contributed by atoms with E-state index in [1.807, 2.05) is 0 Å². The van der Waals surface area contributed by atoms with Crippen molar-refractivity contribution in [3.8, 4) is 0 Å². The Balaban J connectivity index is 1.66. The molecule has 2 N–H and O–H groups in total. The Morgan fingerprint density at radius 3 is 2.42 bits per heavy atom. The number of nitrogens with zero attached hydrogens (tertiary/aromatic N) is 1. The van der Waals surface area contributed by atoms with Gasteiger partial charge in [0.25, 0.3) is 0 Å². The fraction of sp³-hybridized carbons (Fsp3) is 0.368. The predicted molar refractivity (Wildman–Crippen MR) is 94.2 cm³/mol. The maximum atomic E-state index is 13.0. The van der Waals surface area contributed by atoms with E-state index < -0.39 is 11.7 Å². The first-order valence-corrected chi connectivity index (χ1v) is 8.63. The zero-order valence-corrected chi connectivity index (χ0v) is 14.1. The lowest BCUT2D eigenvalue weighted by Crippen LogP contribution is -2.25. The highest BCUT2D eigenvalue weighted by Crippen LogP contribution is 2.35. The fourth-order valence-electron chi connectivity index (χ4n) is 3.13. The fourth-order valence-corrected chi connectivity index (χ4v) is 3.13. The van der Waals surface area contributed by atoms with Crippen LogP contribution in [0.1, 0.15) is 37.7 Å². The molecule has 4 nitrogen and oxygen atoms in total. The number of amides is 1. The average molecular weight is 363 g/mol. The van der Waals surface area contributed by atoms with Gasteiger partial charge in [0.05, 0.1) is 23.1 Å². The number of carbonyl (C=O) groups excluding carboxylic acids is 1. The second kappa shape index (κ2) is 7.76. The summed E-state index contributed by atoms with van der Waals surface area (Å²) in [6.07, 6.45) is 2.04. The molecule has 1 aromatic heterocycles. The molecule has 0 aliphatic heterocycles. The lowest BCUT2D eigenvalue weighted by Gasteiger charge is -2.20. The van der Waals surface area contributed by atoms with Gasteiger partial charge in [0, 0.05) is 5.92 Å². The van der Waals surface area contributed by atoms with Crippen molar-refractivity contribution >= 4 is 23.1 Å². The van der Waals surface area contributed by atoms with Crippen molar-refractivity contribution in [2.75, 3.05) is 10.6 Å².